The minimum Gasteiger partial charge on any atom is -0.394 e. The van der Waals surface area contributed by atoms with Gasteiger partial charge in [-0.05, 0) is 24.8 Å². The number of aliphatic hydroxyl groups is 1. The zero-order valence-electron chi connectivity index (χ0n) is 11.0. The lowest BCUT2D eigenvalue weighted by atomic mass is 9.95. The summed E-state index contributed by atoms with van der Waals surface area (Å²) in [7, 11) is 0. The van der Waals surface area contributed by atoms with E-state index in [1.807, 2.05) is 6.07 Å². The van der Waals surface area contributed by atoms with Crippen molar-refractivity contribution in [2.24, 2.45) is 5.92 Å². The molecule has 0 saturated heterocycles. The molecule has 18 heavy (non-hydrogen) atoms. The van der Waals surface area contributed by atoms with Crippen LogP contribution in [0.2, 0.25) is 0 Å². The minimum absolute atomic E-state index is 0.163. The molecule has 1 aromatic heterocycles. The van der Waals surface area contributed by atoms with Crippen molar-refractivity contribution < 1.29 is 5.11 Å². The van der Waals surface area contributed by atoms with Crippen molar-refractivity contribution >= 4 is 11.8 Å². The standard InChI is InChI=1S/C13H21N3OS/c1-10(2)16-13(7-17,11-3-4-11)8-18-12-5-6-14-9-15-12/h5-6,9-11,16-17H,3-4,7-8H2,1-2H3. The van der Waals surface area contributed by atoms with Crippen molar-refractivity contribution in [3.8, 4) is 0 Å². The van der Waals surface area contributed by atoms with E-state index in [2.05, 4.69) is 29.1 Å². The van der Waals surface area contributed by atoms with E-state index in [4.69, 9.17) is 0 Å². The average Bonchev–Trinajstić information content (AvgIpc) is 3.20. The van der Waals surface area contributed by atoms with Gasteiger partial charge in [0, 0.05) is 18.0 Å². The van der Waals surface area contributed by atoms with E-state index in [9.17, 15) is 5.11 Å². The second kappa shape index (κ2) is 5.99. The third kappa shape index (κ3) is 3.43. The predicted octanol–water partition coefficient (Wildman–Crippen LogP) is 1.71. The van der Waals surface area contributed by atoms with Crippen molar-refractivity contribution in [1.29, 1.82) is 0 Å². The van der Waals surface area contributed by atoms with Crippen molar-refractivity contribution in [2.75, 3.05) is 12.4 Å². The lowest BCUT2D eigenvalue weighted by Crippen LogP contribution is -2.55. The van der Waals surface area contributed by atoms with Crippen LogP contribution in [0.25, 0.3) is 0 Å². The molecule has 2 rings (SSSR count). The van der Waals surface area contributed by atoms with Crippen LogP contribution in [-0.4, -0.2) is 39.0 Å². The summed E-state index contributed by atoms with van der Waals surface area (Å²) in [6, 6.07) is 2.29. The molecule has 2 N–H and O–H groups in total. The Hall–Kier alpha value is -0.650. The maximum atomic E-state index is 9.81. The van der Waals surface area contributed by atoms with Gasteiger partial charge in [0.05, 0.1) is 17.2 Å². The molecule has 0 spiro atoms. The van der Waals surface area contributed by atoms with Crippen LogP contribution in [0.1, 0.15) is 26.7 Å². The maximum Gasteiger partial charge on any atom is 0.116 e. The topological polar surface area (TPSA) is 58.0 Å². The molecule has 1 fully saturated rings. The molecule has 1 unspecified atom stereocenters. The second-order valence-corrected chi connectivity index (χ2v) is 6.22. The maximum absolute atomic E-state index is 9.81. The third-order valence-electron chi connectivity index (χ3n) is 3.25. The summed E-state index contributed by atoms with van der Waals surface area (Å²) in [5, 5.41) is 14.3. The number of nitrogens with zero attached hydrogens (tertiary/aromatic N) is 2. The van der Waals surface area contributed by atoms with Crippen LogP contribution >= 0.6 is 11.8 Å². The first-order chi connectivity index (χ1) is 8.66. The Labute approximate surface area is 113 Å². The van der Waals surface area contributed by atoms with E-state index in [-0.39, 0.29) is 12.1 Å². The fourth-order valence-corrected chi connectivity index (χ4v) is 3.37. The molecule has 0 aromatic carbocycles. The van der Waals surface area contributed by atoms with E-state index in [1.165, 1.54) is 12.8 Å². The summed E-state index contributed by atoms with van der Waals surface area (Å²) in [6.45, 7) is 4.44. The zero-order chi connectivity index (χ0) is 13.0. The van der Waals surface area contributed by atoms with Crippen molar-refractivity contribution in [1.82, 2.24) is 15.3 Å². The van der Waals surface area contributed by atoms with Gasteiger partial charge >= 0.3 is 0 Å². The van der Waals surface area contributed by atoms with Gasteiger partial charge in [-0.15, -0.1) is 11.8 Å². The summed E-state index contributed by atoms with van der Waals surface area (Å²) < 4.78 is 0. The molecule has 1 atom stereocenters. The van der Waals surface area contributed by atoms with Gasteiger partial charge in [-0.1, -0.05) is 13.8 Å². The first kappa shape index (κ1) is 13.8. The van der Waals surface area contributed by atoms with Gasteiger partial charge in [0.25, 0.3) is 0 Å². The Morgan fingerprint density at radius 1 is 1.56 bits per heavy atom. The van der Waals surface area contributed by atoms with Gasteiger partial charge < -0.3 is 10.4 Å². The lowest BCUT2D eigenvalue weighted by Gasteiger charge is -2.35. The molecule has 0 bridgehead atoms. The van der Waals surface area contributed by atoms with Crippen molar-refractivity contribution in [3.05, 3.63) is 18.6 Å². The summed E-state index contributed by atoms with van der Waals surface area (Å²) >= 11 is 1.69. The molecule has 0 aliphatic heterocycles. The number of hydrogen-bond acceptors (Lipinski definition) is 5. The summed E-state index contributed by atoms with van der Waals surface area (Å²) in [5.41, 5.74) is -0.163. The van der Waals surface area contributed by atoms with Gasteiger partial charge in [0.15, 0.2) is 0 Å². The molecule has 1 heterocycles. The van der Waals surface area contributed by atoms with Crippen LogP contribution in [0.5, 0.6) is 0 Å². The molecule has 4 nitrogen and oxygen atoms in total. The third-order valence-corrected chi connectivity index (χ3v) is 4.45. The normalized spacial score (nSPS) is 18.9. The smallest absolute Gasteiger partial charge is 0.116 e. The van der Waals surface area contributed by atoms with Crippen LogP contribution in [0.4, 0.5) is 0 Å². The Morgan fingerprint density at radius 2 is 2.33 bits per heavy atom. The number of aliphatic hydroxyl groups excluding tert-OH is 1. The number of thioether (sulfide) groups is 1. The highest BCUT2D eigenvalue weighted by molar-refractivity contribution is 7.99. The van der Waals surface area contributed by atoms with E-state index in [1.54, 1.807) is 24.3 Å². The Morgan fingerprint density at radius 3 is 2.83 bits per heavy atom. The van der Waals surface area contributed by atoms with Crippen molar-refractivity contribution in [2.45, 2.75) is 43.3 Å². The fourth-order valence-electron chi connectivity index (χ4n) is 2.28. The quantitative estimate of drug-likeness (QED) is 0.582. The highest BCUT2D eigenvalue weighted by atomic mass is 32.2. The molecule has 100 valence electrons. The number of hydrogen-bond donors (Lipinski definition) is 2. The zero-order valence-corrected chi connectivity index (χ0v) is 11.8. The average molecular weight is 267 g/mol. The Bertz CT molecular complexity index is 370. The first-order valence-corrected chi connectivity index (χ1v) is 7.42. The molecule has 0 amide bonds. The first-order valence-electron chi connectivity index (χ1n) is 6.43. The van der Waals surface area contributed by atoms with Crippen LogP contribution in [0, 0.1) is 5.92 Å². The lowest BCUT2D eigenvalue weighted by molar-refractivity contribution is 0.150. The summed E-state index contributed by atoms with van der Waals surface area (Å²) in [6.07, 6.45) is 5.74. The molecular weight excluding hydrogens is 246 g/mol. The molecular formula is C13H21N3OS. The Balaban J connectivity index is 2.01. The number of aromatic nitrogens is 2. The van der Waals surface area contributed by atoms with Crippen LogP contribution < -0.4 is 5.32 Å². The van der Waals surface area contributed by atoms with Gasteiger partial charge in [0.1, 0.15) is 6.33 Å². The summed E-state index contributed by atoms with van der Waals surface area (Å²) in [4.78, 5) is 8.13. The molecule has 1 saturated carbocycles. The molecule has 1 aliphatic carbocycles. The number of rotatable bonds is 7. The molecule has 1 aliphatic rings. The largest absolute Gasteiger partial charge is 0.394 e. The SMILES string of the molecule is CC(C)NC(CO)(CSc1ccncn1)C1CC1. The van der Waals surface area contributed by atoms with E-state index in [0.29, 0.717) is 12.0 Å². The highest BCUT2D eigenvalue weighted by Gasteiger charge is 2.45. The van der Waals surface area contributed by atoms with Crippen molar-refractivity contribution in [3.63, 3.8) is 0 Å². The van der Waals surface area contributed by atoms with E-state index < -0.39 is 0 Å². The molecule has 1 aromatic rings. The second-order valence-electron chi connectivity index (χ2n) is 5.22. The highest BCUT2D eigenvalue weighted by Crippen LogP contribution is 2.42. The fraction of sp³-hybridized carbons (Fsp3) is 0.692. The predicted molar refractivity (Wildman–Crippen MR) is 73.6 cm³/mol. The van der Waals surface area contributed by atoms with E-state index in [0.717, 1.165) is 10.8 Å². The molecule has 5 heteroatoms. The minimum atomic E-state index is -0.163. The van der Waals surface area contributed by atoms with Gasteiger partial charge in [-0.3, -0.25) is 0 Å². The Kier molecular flexibility index (Phi) is 4.59. The van der Waals surface area contributed by atoms with Gasteiger partial charge in [0.2, 0.25) is 0 Å². The monoisotopic (exact) mass is 267 g/mol. The van der Waals surface area contributed by atoms with Crippen LogP contribution in [0.15, 0.2) is 23.6 Å². The van der Waals surface area contributed by atoms with Gasteiger partial charge in [-0.2, -0.15) is 0 Å². The van der Waals surface area contributed by atoms with Gasteiger partial charge in [-0.25, -0.2) is 9.97 Å². The number of nitrogens with one attached hydrogen (secondary N) is 1. The summed E-state index contributed by atoms with van der Waals surface area (Å²) in [5.74, 6) is 1.45. The van der Waals surface area contributed by atoms with E-state index >= 15 is 0 Å². The van der Waals surface area contributed by atoms with Crippen LogP contribution in [-0.2, 0) is 0 Å². The molecule has 0 radical (unpaired) electrons. The van der Waals surface area contributed by atoms with Crippen LogP contribution in [0.3, 0.4) is 0 Å².